The van der Waals surface area contributed by atoms with Crippen molar-refractivity contribution in [2.45, 2.75) is 59.6 Å². The van der Waals surface area contributed by atoms with Crippen LogP contribution in [-0.2, 0) is 9.53 Å². The summed E-state index contributed by atoms with van der Waals surface area (Å²) in [6, 6.07) is -0.558. The van der Waals surface area contributed by atoms with Crippen LogP contribution in [0.3, 0.4) is 0 Å². The molecule has 4 heteroatoms. The van der Waals surface area contributed by atoms with Crippen molar-refractivity contribution in [2.75, 3.05) is 0 Å². The Morgan fingerprint density at radius 1 is 1.28 bits per heavy atom. The molecule has 0 heterocycles. The third-order valence-electron chi connectivity index (χ3n) is 2.14. The summed E-state index contributed by atoms with van der Waals surface area (Å²) in [7, 11) is 0. The number of alkyl carbamates (subject to hydrolysis) is 1. The van der Waals surface area contributed by atoms with Gasteiger partial charge in [-0.3, -0.25) is 4.79 Å². The molecule has 0 radical (unpaired) electrons. The molecule has 0 aromatic rings. The Balaban J connectivity index is 4.65. The van der Waals surface area contributed by atoms with E-state index in [2.05, 4.69) is 11.9 Å². The molecule has 0 aromatic carbocycles. The largest absolute Gasteiger partial charge is 0.444 e. The molecule has 0 aliphatic heterocycles. The molecule has 4 nitrogen and oxygen atoms in total. The summed E-state index contributed by atoms with van der Waals surface area (Å²) in [4.78, 5) is 23.6. The van der Waals surface area contributed by atoms with E-state index in [4.69, 9.17) is 4.74 Å². The van der Waals surface area contributed by atoms with E-state index in [1.54, 1.807) is 27.7 Å². The van der Waals surface area contributed by atoms with Crippen LogP contribution in [0.1, 0.15) is 48.0 Å². The molecule has 1 N–H and O–H groups in total. The molecule has 0 fully saturated rings. The number of hydrogen-bond donors (Lipinski definition) is 1. The number of carbonyl (C=O) groups excluding carboxylic acids is 2. The van der Waals surface area contributed by atoms with Gasteiger partial charge in [-0.2, -0.15) is 0 Å². The van der Waals surface area contributed by atoms with E-state index < -0.39 is 17.7 Å². The Kier molecular flexibility index (Phi) is 6.09. The Morgan fingerprint density at radius 3 is 2.11 bits per heavy atom. The van der Waals surface area contributed by atoms with Crippen LogP contribution in [0.4, 0.5) is 4.79 Å². The summed E-state index contributed by atoms with van der Waals surface area (Å²) in [5.74, 6) is 0.155. The third-order valence-corrected chi connectivity index (χ3v) is 2.14. The average Bonchev–Trinajstić information content (AvgIpc) is 2.11. The first-order valence-electron chi connectivity index (χ1n) is 6.22. The standard InChI is InChI=1S/C14H25NO3/c1-9(2)8-11(12(16)10(3)4)15-13(17)18-14(5,6)7/h9,11H,3,8H2,1-2,4-7H3,(H,15,17). The van der Waals surface area contributed by atoms with Crippen molar-refractivity contribution >= 4 is 11.9 Å². The number of carbonyl (C=O) groups is 2. The van der Waals surface area contributed by atoms with Gasteiger partial charge in [-0.05, 0) is 45.6 Å². The van der Waals surface area contributed by atoms with Gasteiger partial charge in [-0.1, -0.05) is 20.4 Å². The number of Topliss-reactive ketones (excluding diaryl/α,β-unsaturated/α-hetero) is 1. The highest BCUT2D eigenvalue weighted by Crippen LogP contribution is 2.11. The summed E-state index contributed by atoms with van der Waals surface area (Å²) in [6.45, 7) is 14.6. The maximum absolute atomic E-state index is 11.9. The van der Waals surface area contributed by atoms with Crippen LogP contribution in [-0.4, -0.2) is 23.5 Å². The third kappa shape index (κ3) is 7.09. The van der Waals surface area contributed by atoms with E-state index in [-0.39, 0.29) is 5.78 Å². The summed E-state index contributed by atoms with van der Waals surface area (Å²) >= 11 is 0. The molecule has 1 unspecified atom stereocenters. The molecule has 0 rings (SSSR count). The summed E-state index contributed by atoms with van der Waals surface area (Å²) in [6.07, 6.45) is 0.00744. The van der Waals surface area contributed by atoms with Gasteiger partial charge in [0, 0.05) is 0 Å². The fourth-order valence-electron chi connectivity index (χ4n) is 1.45. The molecule has 0 spiro atoms. The van der Waals surface area contributed by atoms with Crippen molar-refractivity contribution < 1.29 is 14.3 Å². The van der Waals surface area contributed by atoms with E-state index in [1.807, 2.05) is 13.8 Å². The highest BCUT2D eigenvalue weighted by Gasteiger charge is 2.25. The zero-order chi connectivity index (χ0) is 14.5. The van der Waals surface area contributed by atoms with E-state index in [0.29, 0.717) is 17.9 Å². The van der Waals surface area contributed by atoms with Gasteiger partial charge in [0.15, 0.2) is 5.78 Å². The van der Waals surface area contributed by atoms with Crippen molar-refractivity contribution in [1.29, 1.82) is 0 Å². The summed E-state index contributed by atoms with van der Waals surface area (Å²) in [5.41, 5.74) is -0.129. The molecule has 0 aromatic heterocycles. The molecule has 0 aliphatic rings. The van der Waals surface area contributed by atoms with Crippen LogP contribution in [0.2, 0.25) is 0 Å². The second-order valence-electron chi connectivity index (χ2n) is 5.97. The van der Waals surface area contributed by atoms with Crippen molar-refractivity contribution in [3.63, 3.8) is 0 Å². The van der Waals surface area contributed by atoms with Gasteiger partial charge in [0.25, 0.3) is 0 Å². The van der Waals surface area contributed by atoms with Crippen LogP contribution in [0, 0.1) is 5.92 Å². The lowest BCUT2D eigenvalue weighted by molar-refractivity contribution is -0.117. The average molecular weight is 255 g/mol. The van der Waals surface area contributed by atoms with E-state index in [1.165, 1.54) is 0 Å². The van der Waals surface area contributed by atoms with Crippen molar-refractivity contribution in [1.82, 2.24) is 5.32 Å². The van der Waals surface area contributed by atoms with Crippen molar-refractivity contribution in [3.05, 3.63) is 12.2 Å². The zero-order valence-electron chi connectivity index (χ0n) is 12.3. The minimum Gasteiger partial charge on any atom is -0.444 e. The number of amides is 1. The zero-order valence-corrected chi connectivity index (χ0v) is 12.3. The second kappa shape index (κ2) is 6.57. The monoisotopic (exact) mass is 255 g/mol. The smallest absolute Gasteiger partial charge is 0.408 e. The van der Waals surface area contributed by atoms with Crippen molar-refractivity contribution in [2.24, 2.45) is 5.92 Å². The highest BCUT2D eigenvalue weighted by molar-refractivity contribution is 5.99. The fraction of sp³-hybridized carbons (Fsp3) is 0.714. The number of ketones is 1. The lowest BCUT2D eigenvalue weighted by atomic mass is 9.97. The Hall–Kier alpha value is -1.32. The maximum atomic E-state index is 11.9. The van der Waals surface area contributed by atoms with E-state index >= 15 is 0 Å². The topological polar surface area (TPSA) is 55.4 Å². The van der Waals surface area contributed by atoms with Gasteiger partial charge in [-0.15, -0.1) is 0 Å². The van der Waals surface area contributed by atoms with E-state index in [9.17, 15) is 9.59 Å². The lowest BCUT2D eigenvalue weighted by Crippen LogP contribution is -2.44. The fourth-order valence-corrected chi connectivity index (χ4v) is 1.45. The number of rotatable bonds is 5. The minimum absolute atomic E-state index is 0.144. The molecule has 18 heavy (non-hydrogen) atoms. The van der Waals surface area contributed by atoms with Gasteiger partial charge in [-0.25, -0.2) is 4.79 Å². The highest BCUT2D eigenvalue weighted by atomic mass is 16.6. The van der Waals surface area contributed by atoms with Gasteiger partial charge in [0.05, 0.1) is 6.04 Å². The normalized spacial score (nSPS) is 13.1. The lowest BCUT2D eigenvalue weighted by Gasteiger charge is -2.24. The van der Waals surface area contributed by atoms with Gasteiger partial charge < -0.3 is 10.1 Å². The molecular formula is C14H25NO3. The minimum atomic E-state index is -0.571. The van der Waals surface area contributed by atoms with E-state index in [0.717, 1.165) is 0 Å². The van der Waals surface area contributed by atoms with Gasteiger partial charge >= 0.3 is 6.09 Å². The predicted octanol–water partition coefficient (Wildman–Crippen LogP) is 3.07. The van der Waals surface area contributed by atoms with Gasteiger partial charge in [0.2, 0.25) is 0 Å². The first-order chi connectivity index (χ1) is 8.03. The number of ether oxygens (including phenoxy) is 1. The Morgan fingerprint density at radius 2 is 1.78 bits per heavy atom. The molecular weight excluding hydrogens is 230 g/mol. The molecule has 0 aliphatic carbocycles. The van der Waals surface area contributed by atoms with Crippen LogP contribution < -0.4 is 5.32 Å². The molecule has 0 bridgehead atoms. The van der Waals surface area contributed by atoms with Crippen LogP contribution in [0.15, 0.2) is 12.2 Å². The summed E-state index contributed by atoms with van der Waals surface area (Å²) < 4.78 is 5.15. The number of nitrogens with one attached hydrogen (secondary N) is 1. The van der Waals surface area contributed by atoms with Crippen LogP contribution >= 0.6 is 0 Å². The summed E-state index contributed by atoms with van der Waals surface area (Å²) in [5, 5.41) is 2.61. The van der Waals surface area contributed by atoms with Crippen molar-refractivity contribution in [3.8, 4) is 0 Å². The molecule has 0 saturated heterocycles. The van der Waals surface area contributed by atoms with Crippen LogP contribution in [0.5, 0.6) is 0 Å². The molecule has 104 valence electrons. The SMILES string of the molecule is C=C(C)C(=O)C(CC(C)C)NC(=O)OC(C)(C)C. The quantitative estimate of drug-likeness (QED) is 0.768. The molecule has 1 atom stereocenters. The molecule has 1 amide bonds. The Labute approximate surface area is 110 Å². The Bertz CT molecular complexity index is 326. The first kappa shape index (κ1) is 16.7. The number of hydrogen-bond acceptors (Lipinski definition) is 3. The maximum Gasteiger partial charge on any atom is 0.408 e. The van der Waals surface area contributed by atoms with Crippen LogP contribution in [0.25, 0.3) is 0 Å². The van der Waals surface area contributed by atoms with Gasteiger partial charge in [0.1, 0.15) is 5.60 Å². The second-order valence-corrected chi connectivity index (χ2v) is 5.97. The molecule has 0 saturated carbocycles. The predicted molar refractivity (Wildman–Crippen MR) is 72.4 cm³/mol. The first-order valence-corrected chi connectivity index (χ1v) is 6.22.